The van der Waals surface area contributed by atoms with Crippen molar-refractivity contribution in [2.24, 2.45) is 0 Å². The number of nitrogens with zero attached hydrogens (tertiary/aromatic N) is 2. The van der Waals surface area contributed by atoms with Gasteiger partial charge in [-0.15, -0.1) is 0 Å². The number of hydrogen-bond donors (Lipinski definition) is 1. The molecule has 0 saturated carbocycles. The number of rotatable bonds is 4. The molecule has 1 saturated heterocycles. The van der Waals surface area contributed by atoms with Crippen LogP contribution in [0.2, 0.25) is 0 Å². The second-order valence-corrected chi connectivity index (χ2v) is 5.48. The first-order valence-corrected chi connectivity index (χ1v) is 7.44. The topological polar surface area (TPSA) is 78.9 Å². The highest BCUT2D eigenvalue weighted by Gasteiger charge is 2.21. The van der Waals surface area contributed by atoms with E-state index in [1.54, 1.807) is 23.1 Å². The van der Waals surface area contributed by atoms with Gasteiger partial charge in [-0.2, -0.15) is 0 Å². The van der Waals surface area contributed by atoms with E-state index in [1.165, 1.54) is 13.2 Å². The van der Waals surface area contributed by atoms with E-state index in [4.69, 9.17) is 0 Å². The number of nitrogens with one attached hydrogen (secondary N) is 1. The predicted octanol–water partition coefficient (Wildman–Crippen LogP) is 0.576. The number of carbonyl (C=O) groups is 3. The Bertz CT molecular complexity index is 595. The zero-order valence-corrected chi connectivity index (χ0v) is 13.4. The van der Waals surface area contributed by atoms with E-state index < -0.39 is 11.9 Å². The fourth-order valence-electron chi connectivity index (χ4n) is 2.35. The summed E-state index contributed by atoms with van der Waals surface area (Å²) < 4.78 is 4.63. The summed E-state index contributed by atoms with van der Waals surface area (Å²) >= 11 is 0. The highest BCUT2D eigenvalue weighted by atomic mass is 16.5. The maximum Gasteiger partial charge on any atom is 0.337 e. The molecule has 1 fully saturated rings. The van der Waals surface area contributed by atoms with Gasteiger partial charge in [-0.3, -0.25) is 9.59 Å². The van der Waals surface area contributed by atoms with Gasteiger partial charge in [-0.25, -0.2) is 4.79 Å². The number of carbonyl (C=O) groups excluding carboxylic acids is 3. The SMILES string of the molecule is COC(=O)c1cccc(NC(=O)CC(=O)N2CCN(C)CC2)c1. The molecule has 1 aromatic carbocycles. The van der Waals surface area contributed by atoms with E-state index in [1.807, 2.05) is 7.05 Å². The van der Waals surface area contributed by atoms with Crippen LogP contribution >= 0.6 is 0 Å². The molecule has 7 nitrogen and oxygen atoms in total. The van der Waals surface area contributed by atoms with Gasteiger partial charge in [-0.05, 0) is 25.2 Å². The number of methoxy groups -OCH3 is 1. The van der Waals surface area contributed by atoms with Crippen LogP contribution in [0, 0.1) is 0 Å². The Morgan fingerprint density at radius 2 is 1.87 bits per heavy atom. The van der Waals surface area contributed by atoms with Crippen molar-refractivity contribution < 1.29 is 19.1 Å². The highest BCUT2D eigenvalue weighted by Crippen LogP contribution is 2.12. The average molecular weight is 319 g/mol. The van der Waals surface area contributed by atoms with Crippen LogP contribution in [0.25, 0.3) is 0 Å². The summed E-state index contributed by atoms with van der Waals surface area (Å²) in [7, 11) is 3.30. The number of esters is 1. The minimum Gasteiger partial charge on any atom is -0.465 e. The molecule has 0 aliphatic carbocycles. The van der Waals surface area contributed by atoms with Gasteiger partial charge in [0.2, 0.25) is 11.8 Å². The first-order chi connectivity index (χ1) is 11.0. The molecule has 1 heterocycles. The van der Waals surface area contributed by atoms with Crippen LogP contribution in [-0.2, 0) is 14.3 Å². The molecule has 0 unspecified atom stereocenters. The zero-order chi connectivity index (χ0) is 16.8. The second-order valence-electron chi connectivity index (χ2n) is 5.48. The number of anilines is 1. The summed E-state index contributed by atoms with van der Waals surface area (Å²) in [5.74, 6) is -1.05. The highest BCUT2D eigenvalue weighted by molar-refractivity contribution is 6.04. The van der Waals surface area contributed by atoms with Crippen LogP contribution in [0.1, 0.15) is 16.8 Å². The molecule has 7 heteroatoms. The smallest absolute Gasteiger partial charge is 0.337 e. The first-order valence-electron chi connectivity index (χ1n) is 7.44. The summed E-state index contributed by atoms with van der Waals surface area (Å²) in [6.45, 7) is 2.91. The molecule has 1 aliphatic rings. The number of hydrogen-bond acceptors (Lipinski definition) is 5. The van der Waals surface area contributed by atoms with Gasteiger partial charge in [0, 0.05) is 31.9 Å². The molecule has 1 aromatic rings. The van der Waals surface area contributed by atoms with Gasteiger partial charge in [-0.1, -0.05) is 6.07 Å². The maximum absolute atomic E-state index is 12.1. The van der Waals surface area contributed by atoms with E-state index >= 15 is 0 Å². The molecule has 1 aliphatic heterocycles. The van der Waals surface area contributed by atoms with Crippen LogP contribution < -0.4 is 5.32 Å². The largest absolute Gasteiger partial charge is 0.465 e. The first kappa shape index (κ1) is 17.0. The molecule has 0 radical (unpaired) electrons. The van der Waals surface area contributed by atoms with Gasteiger partial charge >= 0.3 is 5.97 Å². The number of piperazine rings is 1. The van der Waals surface area contributed by atoms with Gasteiger partial charge in [0.15, 0.2) is 0 Å². The summed E-state index contributed by atoms with van der Waals surface area (Å²) in [5, 5.41) is 2.64. The molecule has 1 N–H and O–H groups in total. The fraction of sp³-hybridized carbons (Fsp3) is 0.438. The Kier molecular flexibility index (Phi) is 5.70. The van der Waals surface area contributed by atoms with Crippen LogP contribution in [0.5, 0.6) is 0 Å². The number of amides is 2. The minimum atomic E-state index is -0.477. The van der Waals surface area contributed by atoms with Crippen molar-refractivity contribution in [3.63, 3.8) is 0 Å². The van der Waals surface area contributed by atoms with E-state index in [2.05, 4.69) is 15.0 Å². The number of likely N-dealkylation sites (N-methyl/N-ethyl adjacent to an activating group) is 1. The molecular formula is C16H21N3O4. The standard InChI is InChI=1S/C16H21N3O4/c1-18-6-8-19(9-7-18)15(21)11-14(20)17-13-5-3-4-12(10-13)16(22)23-2/h3-5,10H,6-9,11H2,1-2H3,(H,17,20). The van der Waals surface area contributed by atoms with E-state index in [9.17, 15) is 14.4 Å². The van der Waals surface area contributed by atoms with Crippen LogP contribution in [0.3, 0.4) is 0 Å². The summed E-state index contributed by atoms with van der Waals surface area (Å²) in [6.07, 6.45) is -0.202. The van der Waals surface area contributed by atoms with Crippen molar-refractivity contribution >= 4 is 23.5 Å². The molecule has 0 spiro atoms. The fourth-order valence-corrected chi connectivity index (χ4v) is 2.35. The van der Waals surface area contributed by atoms with Crippen LogP contribution in [0.4, 0.5) is 5.69 Å². The Morgan fingerprint density at radius 3 is 2.52 bits per heavy atom. The Hall–Kier alpha value is -2.41. The van der Waals surface area contributed by atoms with Crippen LogP contribution in [-0.4, -0.2) is 67.9 Å². The third kappa shape index (κ3) is 4.79. The van der Waals surface area contributed by atoms with Gasteiger partial charge in [0.1, 0.15) is 6.42 Å². The van der Waals surface area contributed by atoms with E-state index in [-0.39, 0.29) is 12.3 Å². The maximum atomic E-state index is 12.1. The second kappa shape index (κ2) is 7.73. The molecule has 0 aromatic heterocycles. The van der Waals surface area contributed by atoms with Gasteiger partial charge in [0.25, 0.3) is 0 Å². The van der Waals surface area contributed by atoms with Crippen molar-refractivity contribution in [3.8, 4) is 0 Å². The van der Waals surface area contributed by atoms with Crippen molar-refractivity contribution in [1.82, 2.24) is 9.80 Å². The lowest BCUT2D eigenvalue weighted by Gasteiger charge is -2.32. The Balaban J connectivity index is 1.89. The molecule has 2 rings (SSSR count). The quantitative estimate of drug-likeness (QED) is 0.648. The van der Waals surface area contributed by atoms with E-state index in [0.29, 0.717) is 24.3 Å². The number of ether oxygens (including phenoxy) is 1. The van der Waals surface area contributed by atoms with Crippen molar-refractivity contribution in [3.05, 3.63) is 29.8 Å². The summed E-state index contributed by atoms with van der Waals surface area (Å²) in [5.41, 5.74) is 0.805. The average Bonchev–Trinajstić information content (AvgIpc) is 2.54. The van der Waals surface area contributed by atoms with Crippen molar-refractivity contribution in [1.29, 1.82) is 0 Å². The minimum absolute atomic E-state index is 0.181. The third-order valence-corrected chi connectivity index (χ3v) is 3.74. The molecule has 23 heavy (non-hydrogen) atoms. The van der Waals surface area contributed by atoms with Crippen molar-refractivity contribution in [2.75, 3.05) is 45.7 Å². The Morgan fingerprint density at radius 1 is 1.17 bits per heavy atom. The van der Waals surface area contributed by atoms with Crippen molar-refractivity contribution in [2.45, 2.75) is 6.42 Å². The molecule has 124 valence electrons. The molecular weight excluding hydrogens is 298 g/mol. The zero-order valence-electron chi connectivity index (χ0n) is 13.4. The molecule has 0 bridgehead atoms. The normalized spacial score (nSPS) is 15.1. The lowest BCUT2D eigenvalue weighted by Crippen LogP contribution is -2.47. The Labute approximate surface area is 135 Å². The van der Waals surface area contributed by atoms with Crippen LogP contribution in [0.15, 0.2) is 24.3 Å². The molecule has 2 amide bonds. The summed E-state index contributed by atoms with van der Waals surface area (Å²) in [4.78, 5) is 39.4. The monoisotopic (exact) mass is 319 g/mol. The third-order valence-electron chi connectivity index (χ3n) is 3.74. The van der Waals surface area contributed by atoms with E-state index in [0.717, 1.165) is 13.1 Å². The lowest BCUT2D eigenvalue weighted by molar-refractivity contribution is -0.135. The predicted molar refractivity (Wildman–Crippen MR) is 85.1 cm³/mol. The number of benzene rings is 1. The van der Waals surface area contributed by atoms with Gasteiger partial charge < -0.3 is 19.9 Å². The summed E-state index contributed by atoms with van der Waals surface area (Å²) in [6, 6.07) is 6.41. The van der Waals surface area contributed by atoms with Gasteiger partial charge in [0.05, 0.1) is 12.7 Å². The molecule has 0 atom stereocenters. The lowest BCUT2D eigenvalue weighted by atomic mass is 10.2.